The highest BCUT2D eigenvalue weighted by Gasteiger charge is 2.39. The lowest BCUT2D eigenvalue weighted by atomic mass is 10.0. The molecule has 0 bridgehead atoms. The fourth-order valence-corrected chi connectivity index (χ4v) is 4.38. The largest absolute Gasteiger partial charge is 0.342 e. The molecule has 148 valence electrons. The number of carbonyl (C=O) groups excluding carboxylic acids is 2. The SMILES string of the molecule is Cn1ccnc1[C@@H](NC(=O)[C@H]1CC(=O)N(C2CCCC2)C1)c1ccccc1F. The van der Waals surface area contributed by atoms with Gasteiger partial charge in [0.2, 0.25) is 11.8 Å². The van der Waals surface area contributed by atoms with Crippen LogP contribution in [0.3, 0.4) is 0 Å². The minimum absolute atomic E-state index is 0.0477. The number of rotatable bonds is 5. The number of amides is 2. The number of carbonyl (C=O) groups is 2. The molecule has 28 heavy (non-hydrogen) atoms. The molecule has 0 unspecified atom stereocenters. The van der Waals surface area contributed by atoms with Crippen LogP contribution in [0.15, 0.2) is 36.7 Å². The lowest BCUT2D eigenvalue weighted by Crippen LogP contribution is -2.39. The third kappa shape index (κ3) is 3.53. The number of halogens is 1. The van der Waals surface area contributed by atoms with Crippen molar-refractivity contribution >= 4 is 11.8 Å². The molecule has 1 saturated heterocycles. The van der Waals surface area contributed by atoms with Gasteiger partial charge in [0.15, 0.2) is 0 Å². The van der Waals surface area contributed by atoms with Gasteiger partial charge in [-0.3, -0.25) is 9.59 Å². The molecule has 6 nitrogen and oxygen atoms in total. The molecule has 4 rings (SSSR count). The van der Waals surface area contributed by atoms with Crippen LogP contribution in [0.2, 0.25) is 0 Å². The van der Waals surface area contributed by atoms with Gasteiger partial charge in [0.25, 0.3) is 0 Å². The molecular weight excluding hydrogens is 359 g/mol. The molecule has 2 atom stereocenters. The van der Waals surface area contributed by atoms with Gasteiger partial charge in [-0.2, -0.15) is 0 Å². The quantitative estimate of drug-likeness (QED) is 0.862. The standard InChI is InChI=1S/C21H25FN4O2/c1-25-11-10-23-20(25)19(16-8-4-5-9-17(16)22)24-21(28)14-12-18(27)26(13-14)15-6-2-3-7-15/h4-5,8-11,14-15,19H,2-3,6-7,12-13H2,1H3,(H,24,28)/t14-,19-/m0/s1. The van der Waals surface area contributed by atoms with E-state index >= 15 is 0 Å². The maximum atomic E-state index is 14.5. The molecule has 1 aromatic carbocycles. The van der Waals surface area contributed by atoms with E-state index in [1.807, 2.05) is 11.9 Å². The van der Waals surface area contributed by atoms with Crippen molar-refractivity contribution in [1.29, 1.82) is 0 Å². The molecule has 2 heterocycles. The van der Waals surface area contributed by atoms with E-state index in [0.717, 1.165) is 25.7 Å². The fourth-order valence-electron chi connectivity index (χ4n) is 4.38. The number of aryl methyl sites for hydroxylation is 1. The summed E-state index contributed by atoms with van der Waals surface area (Å²) in [4.78, 5) is 31.6. The van der Waals surface area contributed by atoms with E-state index in [2.05, 4.69) is 10.3 Å². The average molecular weight is 384 g/mol. The highest BCUT2D eigenvalue weighted by molar-refractivity contribution is 5.89. The second kappa shape index (κ2) is 7.73. The number of hydrogen-bond acceptors (Lipinski definition) is 3. The van der Waals surface area contributed by atoms with Gasteiger partial charge in [-0.1, -0.05) is 31.0 Å². The molecular formula is C21H25FN4O2. The van der Waals surface area contributed by atoms with Crippen LogP contribution in [-0.2, 0) is 16.6 Å². The molecule has 2 aliphatic rings. The van der Waals surface area contributed by atoms with Crippen molar-refractivity contribution in [3.63, 3.8) is 0 Å². The molecule has 1 aliphatic heterocycles. The summed E-state index contributed by atoms with van der Waals surface area (Å²) in [5, 5.41) is 2.95. The lowest BCUT2D eigenvalue weighted by Gasteiger charge is -2.24. The third-order valence-corrected chi connectivity index (χ3v) is 5.91. The van der Waals surface area contributed by atoms with E-state index in [-0.39, 0.29) is 24.3 Å². The van der Waals surface area contributed by atoms with E-state index in [4.69, 9.17) is 0 Å². The van der Waals surface area contributed by atoms with Gasteiger partial charge in [-0.05, 0) is 18.9 Å². The Balaban J connectivity index is 1.54. The molecule has 1 N–H and O–H groups in total. The molecule has 1 aromatic heterocycles. The lowest BCUT2D eigenvalue weighted by molar-refractivity contribution is -0.130. The van der Waals surface area contributed by atoms with E-state index in [1.54, 1.807) is 35.2 Å². The number of imidazole rings is 1. The molecule has 0 spiro atoms. The van der Waals surface area contributed by atoms with Gasteiger partial charge in [-0.25, -0.2) is 9.37 Å². The average Bonchev–Trinajstić information content (AvgIpc) is 3.41. The zero-order valence-electron chi connectivity index (χ0n) is 16.0. The molecule has 2 aromatic rings. The van der Waals surface area contributed by atoms with E-state index in [0.29, 0.717) is 17.9 Å². The first kappa shape index (κ1) is 18.7. The molecule has 1 aliphatic carbocycles. The zero-order valence-corrected chi connectivity index (χ0v) is 16.0. The topological polar surface area (TPSA) is 67.2 Å². The Kier molecular flexibility index (Phi) is 5.15. The number of nitrogens with one attached hydrogen (secondary N) is 1. The number of benzene rings is 1. The first-order chi connectivity index (χ1) is 13.5. The summed E-state index contributed by atoms with van der Waals surface area (Å²) < 4.78 is 16.2. The van der Waals surface area contributed by atoms with Crippen LogP contribution in [-0.4, -0.2) is 38.9 Å². The van der Waals surface area contributed by atoms with E-state index < -0.39 is 17.8 Å². The predicted molar refractivity (Wildman–Crippen MR) is 102 cm³/mol. The second-order valence-corrected chi connectivity index (χ2v) is 7.74. The first-order valence-electron chi connectivity index (χ1n) is 9.86. The first-order valence-corrected chi connectivity index (χ1v) is 9.86. The zero-order chi connectivity index (χ0) is 19.7. The number of aromatic nitrogens is 2. The van der Waals surface area contributed by atoms with Crippen molar-refractivity contribution in [2.24, 2.45) is 13.0 Å². The second-order valence-electron chi connectivity index (χ2n) is 7.74. The van der Waals surface area contributed by atoms with Crippen molar-refractivity contribution in [2.75, 3.05) is 6.54 Å². The highest BCUT2D eigenvalue weighted by atomic mass is 19.1. The van der Waals surface area contributed by atoms with Crippen LogP contribution < -0.4 is 5.32 Å². The number of hydrogen-bond donors (Lipinski definition) is 1. The van der Waals surface area contributed by atoms with Gasteiger partial charge < -0.3 is 14.8 Å². The van der Waals surface area contributed by atoms with Crippen LogP contribution in [0, 0.1) is 11.7 Å². The fraction of sp³-hybridized carbons (Fsp3) is 0.476. The molecule has 0 radical (unpaired) electrons. The van der Waals surface area contributed by atoms with Crippen LogP contribution >= 0.6 is 0 Å². The summed E-state index contributed by atoms with van der Waals surface area (Å²) in [6.45, 7) is 0.444. The molecule has 2 amide bonds. The van der Waals surface area contributed by atoms with E-state index in [9.17, 15) is 14.0 Å². The monoisotopic (exact) mass is 384 g/mol. The molecule has 1 saturated carbocycles. The number of nitrogens with zero attached hydrogens (tertiary/aromatic N) is 3. The maximum Gasteiger partial charge on any atom is 0.226 e. The van der Waals surface area contributed by atoms with Crippen molar-refractivity contribution in [1.82, 2.24) is 19.8 Å². The Morgan fingerprint density at radius 1 is 1.29 bits per heavy atom. The Morgan fingerprint density at radius 3 is 2.71 bits per heavy atom. The maximum absolute atomic E-state index is 14.5. The minimum Gasteiger partial charge on any atom is -0.342 e. The van der Waals surface area contributed by atoms with Crippen LogP contribution in [0.1, 0.15) is 49.5 Å². The van der Waals surface area contributed by atoms with Crippen molar-refractivity contribution in [2.45, 2.75) is 44.2 Å². The normalized spacial score (nSPS) is 21.3. The Hall–Kier alpha value is -2.70. The van der Waals surface area contributed by atoms with Crippen LogP contribution in [0.5, 0.6) is 0 Å². The summed E-state index contributed by atoms with van der Waals surface area (Å²) in [6.07, 6.45) is 7.91. The van der Waals surface area contributed by atoms with E-state index in [1.165, 1.54) is 6.07 Å². The van der Waals surface area contributed by atoms with Gasteiger partial charge in [-0.15, -0.1) is 0 Å². The predicted octanol–water partition coefficient (Wildman–Crippen LogP) is 2.56. The van der Waals surface area contributed by atoms with Gasteiger partial charge in [0.1, 0.15) is 17.7 Å². The Bertz CT molecular complexity index is 875. The summed E-state index contributed by atoms with van der Waals surface area (Å²) in [6, 6.07) is 5.94. The Morgan fingerprint density at radius 2 is 2.04 bits per heavy atom. The Labute approximate surface area is 163 Å². The summed E-state index contributed by atoms with van der Waals surface area (Å²) in [5.41, 5.74) is 0.363. The van der Waals surface area contributed by atoms with Crippen LogP contribution in [0.25, 0.3) is 0 Å². The van der Waals surface area contributed by atoms with Gasteiger partial charge in [0, 0.05) is 44.0 Å². The molecule has 7 heteroatoms. The van der Waals surface area contributed by atoms with Gasteiger partial charge in [0.05, 0.1) is 5.92 Å². The van der Waals surface area contributed by atoms with Crippen molar-refractivity contribution in [3.8, 4) is 0 Å². The number of likely N-dealkylation sites (tertiary alicyclic amines) is 1. The summed E-state index contributed by atoms with van der Waals surface area (Å²) in [7, 11) is 1.81. The smallest absolute Gasteiger partial charge is 0.226 e. The summed E-state index contributed by atoms with van der Waals surface area (Å²) in [5.74, 6) is -0.444. The summed E-state index contributed by atoms with van der Waals surface area (Å²) >= 11 is 0. The van der Waals surface area contributed by atoms with Crippen molar-refractivity contribution in [3.05, 3.63) is 53.9 Å². The van der Waals surface area contributed by atoms with Crippen LogP contribution in [0.4, 0.5) is 4.39 Å². The minimum atomic E-state index is -0.704. The van der Waals surface area contributed by atoms with Gasteiger partial charge >= 0.3 is 0 Å². The highest BCUT2D eigenvalue weighted by Crippen LogP contribution is 2.30. The molecule has 2 fully saturated rings. The third-order valence-electron chi connectivity index (χ3n) is 5.91. The van der Waals surface area contributed by atoms with Crippen molar-refractivity contribution < 1.29 is 14.0 Å².